The monoisotopic (exact) mass is 575 g/mol. The zero-order valence-corrected chi connectivity index (χ0v) is 25.5. The molecule has 8 nitrogen and oxygen atoms in total. The number of benzene rings is 3. The predicted octanol–water partition coefficient (Wildman–Crippen LogP) is 5.87. The standard InChI is InChI=1S/C34H45N3O5/c1-6-37(7-2)32(38)30(36-33(39)42-34(3,4)5)22-35-31(25-40-23-26-14-10-8-11-15-26)28-18-20-29(21-19-28)41-24-27-16-12-9-13-17-27/h8-21,30-31,35H,6-7,22-25H2,1-5H3,(H,36,39). The summed E-state index contributed by atoms with van der Waals surface area (Å²) in [4.78, 5) is 27.7. The molecule has 2 atom stereocenters. The maximum absolute atomic E-state index is 13.4. The highest BCUT2D eigenvalue weighted by Gasteiger charge is 2.28. The normalized spacial score (nSPS) is 12.7. The number of carbonyl (C=O) groups is 2. The van der Waals surface area contributed by atoms with Gasteiger partial charge in [-0.1, -0.05) is 72.8 Å². The summed E-state index contributed by atoms with van der Waals surface area (Å²) in [5.74, 6) is 0.583. The van der Waals surface area contributed by atoms with Gasteiger partial charge >= 0.3 is 6.09 Å². The topological polar surface area (TPSA) is 89.1 Å². The average molecular weight is 576 g/mol. The summed E-state index contributed by atoms with van der Waals surface area (Å²) in [6, 6.07) is 26.8. The summed E-state index contributed by atoms with van der Waals surface area (Å²) >= 11 is 0. The van der Waals surface area contributed by atoms with Gasteiger partial charge in [0, 0.05) is 19.6 Å². The maximum atomic E-state index is 13.4. The molecule has 226 valence electrons. The molecule has 3 aromatic rings. The lowest BCUT2D eigenvalue weighted by Gasteiger charge is -2.29. The first-order chi connectivity index (χ1) is 20.2. The molecule has 3 rings (SSSR count). The van der Waals surface area contributed by atoms with E-state index in [9.17, 15) is 9.59 Å². The fourth-order valence-electron chi connectivity index (χ4n) is 4.34. The highest BCUT2D eigenvalue weighted by Crippen LogP contribution is 2.20. The third-order valence-corrected chi connectivity index (χ3v) is 6.56. The molecule has 0 aliphatic heterocycles. The summed E-state index contributed by atoms with van der Waals surface area (Å²) in [5, 5.41) is 6.25. The Kier molecular flexibility index (Phi) is 12.8. The molecule has 2 unspecified atom stereocenters. The molecule has 2 N–H and O–H groups in total. The van der Waals surface area contributed by atoms with Gasteiger partial charge in [-0.15, -0.1) is 0 Å². The number of hydrogen-bond donors (Lipinski definition) is 2. The van der Waals surface area contributed by atoms with Crippen molar-refractivity contribution in [1.29, 1.82) is 0 Å². The van der Waals surface area contributed by atoms with Gasteiger partial charge in [-0.3, -0.25) is 4.79 Å². The number of carbonyl (C=O) groups excluding carboxylic acids is 2. The van der Waals surface area contributed by atoms with Crippen LogP contribution in [-0.4, -0.2) is 54.8 Å². The fourth-order valence-corrected chi connectivity index (χ4v) is 4.34. The third-order valence-electron chi connectivity index (χ3n) is 6.56. The number of hydrogen-bond acceptors (Lipinski definition) is 6. The Hall–Kier alpha value is -3.88. The largest absolute Gasteiger partial charge is 0.489 e. The second-order valence-electron chi connectivity index (χ2n) is 11.0. The molecule has 0 heterocycles. The predicted molar refractivity (Wildman–Crippen MR) is 165 cm³/mol. The van der Waals surface area contributed by atoms with E-state index in [4.69, 9.17) is 14.2 Å². The van der Waals surface area contributed by atoms with Crippen molar-refractivity contribution in [3.05, 3.63) is 102 Å². The van der Waals surface area contributed by atoms with Crippen LogP contribution in [0.2, 0.25) is 0 Å². The Morgan fingerprint density at radius 1 is 0.810 bits per heavy atom. The molecule has 0 aliphatic rings. The number of nitrogens with one attached hydrogen (secondary N) is 2. The van der Waals surface area contributed by atoms with Gasteiger partial charge in [-0.25, -0.2) is 4.79 Å². The van der Waals surface area contributed by atoms with Crippen molar-refractivity contribution in [3.63, 3.8) is 0 Å². The van der Waals surface area contributed by atoms with Gasteiger partial charge in [-0.2, -0.15) is 0 Å². The molecule has 0 aromatic heterocycles. The number of nitrogens with zero attached hydrogens (tertiary/aromatic N) is 1. The number of ether oxygens (including phenoxy) is 3. The maximum Gasteiger partial charge on any atom is 0.408 e. The highest BCUT2D eigenvalue weighted by molar-refractivity contribution is 5.86. The van der Waals surface area contributed by atoms with Gasteiger partial charge in [0.25, 0.3) is 0 Å². The SMILES string of the molecule is CCN(CC)C(=O)C(CNC(COCc1ccccc1)c1ccc(OCc2ccccc2)cc1)NC(=O)OC(C)(C)C. The summed E-state index contributed by atoms with van der Waals surface area (Å²) in [5.41, 5.74) is 2.46. The minimum atomic E-state index is -0.815. The molecule has 0 radical (unpaired) electrons. The van der Waals surface area contributed by atoms with Crippen LogP contribution in [0.15, 0.2) is 84.9 Å². The van der Waals surface area contributed by atoms with Crippen molar-refractivity contribution >= 4 is 12.0 Å². The van der Waals surface area contributed by atoms with Crippen LogP contribution in [0.3, 0.4) is 0 Å². The van der Waals surface area contributed by atoms with Gasteiger partial charge in [0.2, 0.25) is 5.91 Å². The average Bonchev–Trinajstić information content (AvgIpc) is 2.98. The minimum absolute atomic E-state index is 0.174. The minimum Gasteiger partial charge on any atom is -0.489 e. The zero-order valence-electron chi connectivity index (χ0n) is 25.5. The van der Waals surface area contributed by atoms with E-state index in [2.05, 4.69) is 10.6 Å². The zero-order chi connectivity index (χ0) is 30.4. The van der Waals surface area contributed by atoms with Gasteiger partial charge in [-0.05, 0) is 63.4 Å². The first-order valence-corrected chi connectivity index (χ1v) is 14.6. The van der Waals surface area contributed by atoms with Gasteiger partial charge in [0.1, 0.15) is 24.0 Å². The van der Waals surface area contributed by atoms with E-state index < -0.39 is 17.7 Å². The van der Waals surface area contributed by atoms with Crippen molar-refractivity contribution in [2.24, 2.45) is 0 Å². The van der Waals surface area contributed by atoms with Crippen LogP contribution in [-0.2, 0) is 27.5 Å². The van der Waals surface area contributed by atoms with E-state index in [1.54, 1.807) is 25.7 Å². The van der Waals surface area contributed by atoms with Crippen LogP contribution in [0.25, 0.3) is 0 Å². The van der Waals surface area contributed by atoms with Gasteiger partial charge in [0.05, 0.1) is 19.3 Å². The van der Waals surface area contributed by atoms with Crippen molar-refractivity contribution in [1.82, 2.24) is 15.5 Å². The lowest BCUT2D eigenvalue weighted by Crippen LogP contribution is -2.54. The smallest absolute Gasteiger partial charge is 0.408 e. The third kappa shape index (κ3) is 11.2. The summed E-state index contributed by atoms with van der Waals surface area (Å²) in [7, 11) is 0. The van der Waals surface area contributed by atoms with E-state index in [1.807, 2.05) is 98.8 Å². The molecule has 0 aliphatic carbocycles. The summed E-state index contributed by atoms with van der Waals surface area (Å²) in [6.07, 6.45) is -0.633. The van der Waals surface area contributed by atoms with Crippen LogP contribution >= 0.6 is 0 Å². The molecule has 0 saturated heterocycles. The van der Waals surface area contributed by atoms with E-state index >= 15 is 0 Å². The molecule has 3 aromatic carbocycles. The lowest BCUT2D eigenvalue weighted by atomic mass is 10.1. The summed E-state index contributed by atoms with van der Waals surface area (Å²) < 4.78 is 17.5. The van der Waals surface area contributed by atoms with Crippen molar-refractivity contribution < 1.29 is 23.8 Å². The van der Waals surface area contributed by atoms with Crippen LogP contribution in [0.5, 0.6) is 5.75 Å². The van der Waals surface area contributed by atoms with Crippen LogP contribution in [0.4, 0.5) is 4.79 Å². The lowest BCUT2D eigenvalue weighted by molar-refractivity contribution is -0.133. The van der Waals surface area contributed by atoms with Crippen molar-refractivity contribution in [3.8, 4) is 5.75 Å². The first-order valence-electron chi connectivity index (χ1n) is 14.6. The molecule has 0 spiro atoms. The van der Waals surface area contributed by atoms with E-state index in [-0.39, 0.29) is 18.5 Å². The van der Waals surface area contributed by atoms with Crippen LogP contribution in [0, 0.1) is 0 Å². The summed E-state index contributed by atoms with van der Waals surface area (Å²) in [6.45, 7) is 11.8. The molecule has 2 amide bonds. The van der Waals surface area contributed by atoms with E-state index in [1.165, 1.54) is 0 Å². The first kappa shape index (κ1) is 32.6. The molecule has 42 heavy (non-hydrogen) atoms. The Morgan fingerprint density at radius 3 is 1.93 bits per heavy atom. The Balaban J connectivity index is 1.73. The van der Waals surface area contributed by atoms with Crippen LogP contribution in [0.1, 0.15) is 57.4 Å². The van der Waals surface area contributed by atoms with Crippen molar-refractivity contribution in [2.75, 3.05) is 26.2 Å². The molecular formula is C34H45N3O5. The quantitative estimate of drug-likeness (QED) is 0.236. The molecule has 0 bridgehead atoms. The van der Waals surface area contributed by atoms with Crippen molar-refractivity contribution in [2.45, 2.75) is 65.5 Å². The number of amides is 2. The highest BCUT2D eigenvalue weighted by atomic mass is 16.6. The van der Waals surface area contributed by atoms with Gasteiger partial charge < -0.3 is 29.7 Å². The molecule has 0 saturated carbocycles. The van der Waals surface area contributed by atoms with Crippen LogP contribution < -0.4 is 15.4 Å². The fraction of sp³-hybridized carbons (Fsp3) is 0.412. The second-order valence-corrected chi connectivity index (χ2v) is 11.0. The van der Waals surface area contributed by atoms with E-state index in [0.717, 1.165) is 22.4 Å². The Bertz CT molecular complexity index is 1210. The molecule has 0 fully saturated rings. The van der Waals surface area contributed by atoms with E-state index in [0.29, 0.717) is 32.9 Å². The Morgan fingerprint density at radius 2 is 1.38 bits per heavy atom. The number of likely N-dealkylation sites (N-methyl/N-ethyl adjacent to an activating group) is 1. The Labute approximate surface area is 250 Å². The molecule has 8 heteroatoms. The second kappa shape index (κ2) is 16.5. The number of rotatable bonds is 15. The van der Waals surface area contributed by atoms with Gasteiger partial charge in [0.15, 0.2) is 0 Å². The molecular weight excluding hydrogens is 530 g/mol. The number of alkyl carbamates (subject to hydrolysis) is 1.